The summed E-state index contributed by atoms with van der Waals surface area (Å²) in [7, 11) is 0. The number of β-amino-alcohol motifs (C(OH)–C–C–N with tert-alkyl or cyclic N) is 1. The average Bonchev–Trinajstić information content (AvgIpc) is 2.91. The van der Waals surface area contributed by atoms with Crippen LogP contribution in [0.3, 0.4) is 0 Å². The number of hydrogen-bond acceptors (Lipinski definition) is 4. The molecule has 2 rings (SSSR count). The van der Waals surface area contributed by atoms with Crippen LogP contribution in [0.1, 0.15) is 17.5 Å². The summed E-state index contributed by atoms with van der Waals surface area (Å²) in [5.74, 6) is -0.181. The Morgan fingerprint density at radius 3 is 2.52 bits per heavy atom. The molecule has 0 aromatic heterocycles. The van der Waals surface area contributed by atoms with Crippen molar-refractivity contribution in [3.63, 3.8) is 0 Å². The molecule has 0 unspecified atom stereocenters. The molecule has 128 valence electrons. The lowest BCUT2D eigenvalue weighted by Gasteiger charge is -2.11. The van der Waals surface area contributed by atoms with E-state index in [4.69, 9.17) is 0 Å². The van der Waals surface area contributed by atoms with E-state index in [1.54, 1.807) is 24.3 Å². The van der Waals surface area contributed by atoms with Crippen molar-refractivity contribution < 1.29 is 27.8 Å². The van der Waals surface area contributed by atoms with E-state index in [0.717, 1.165) is 5.56 Å². The Bertz CT molecular complexity index is 520. The zero-order valence-corrected chi connectivity index (χ0v) is 12.4. The highest BCUT2D eigenvalue weighted by Crippen LogP contribution is 2.16. The van der Waals surface area contributed by atoms with Gasteiger partial charge in [0.2, 0.25) is 5.91 Å². The molecule has 1 aromatic rings. The summed E-state index contributed by atoms with van der Waals surface area (Å²) >= 11 is 0. The highest BCUT2D eigenvalue weighted by Gasteiger charge is 2.28. The maximum Gasteiger partial charge on any atom is 0.411 e. The first-order chi connectivity index (χ1) is 10.8. The third-order valence-electron chi connectivity index (χ3n) is 3.45. The lowest BCUT2D eigenvalue weighted by Crippen LogP contribution is -2.39. The van der Waals surface area contributed by atoms with Gasteiger partial charge in [-0.3, -0.25) is 4.79 Å². The minimum atomic E-state index is -4.33. The molecule has 1 aliphatic rings. The molecule has 8 heteroatoms. The highest BCUT2D eigenvalue weighted by atomic mass is 19.4. The van der Waals surface area contributed by atoms with Crippen LogP contribution in [0.15, 0.2) is 24.3 Å². The summed E-state index contributed by atoms with van der Waals surface area (Å²) in [4.78, 5) is 11.9. The number of hydrogen-bond donors (Lipinski definition) is 3. The number of aliphatic hydroxyl groups excluding tert-OH is 1. The van der Waals surface area contributed by atoms with Crippen molar-refractivity contribution in [2.24, 2.45) is 0 Å². The van der Waals surface area contributed by atoms with E-state index in [2.05, 4.69) is 15.4 Å². The SMILES string of the molecule is O=C(NCc1ccc(COCC(F)(F)F)cc1)[C@@H]1C[C@@H](O)CN1. The Kier molecular flexibility index (Phi) is 5.97. The van der Waals surface area contributed by atoms with Gasteiger partial charge in [-0.05, 0) is 17.5 Å². The lowest BCUT2D eigenvalue weighted by molar-refractivity contribution is -0.176. The van der Waals surface area contributed by atoms with Gasteiger partial charge in [-0.1, -0.05) is 24.3 Å². The summed E-state index contributed by atoms with van der Waals surface area (Å²) in [5, 5.41) is 15.0. The number of nitrogens with one attached hydrogen (secondary N) is 2. The molecule has 1 amide bonds. The van der Waals surface area contributed by atoms with Gasteiger partial charge in [0.15, 0.2) is 0 Å². The van der Waals surface area contributed by atoms with Crippen LogP contribution >= 0.6 is 0 Å². The Hall–Kier alpha value is -1.64. The Labute approximate surface area is 131 Å². The van der Waals surface area contributed by atoms with E-state index in [-0.39, 0.29) is 18.6 Å². The molecular formula is C15H19F3N2O3. The quantitative estimate of drug-likeness (QED) is 0.730. The average molecular weight is 332 g/mol. The predicted octanol–water partition coefficient (Wildman–Crippen LogP) is 1.10. The number of rotatable bonds is 6. The molecule has 1 fully saturated rings. The summed E-state index contributed by atoms with van der Waals surface area (Å²) in [6, 6.07) is 6.39. The zero-order valence-electron chi connectivity index (χ0n) is 12.4. The van der Waals surface area contributed by atoms with Crippen molar-refractivity contribution in [2.45, 2.75) is 37.9 Å². The summed E-state index contributed by atoms with van der Waals surface area (Å²) in [6.07, 6.45) is -4.44. The maximum atomic E-state index is 12.0. The highest BCUT2D eigenvalue weighted by molar-refractivity contribution is 5.82. The topological polar surface area (TPSA) is 70.6 Å². The lowest BCUT2D eigenvalue weighted by atomic mass is 10.1. The third-order valence-corrected chi connectivity index (χ3v) is 3.45. The molecule has 0 spiro atoms. The van der Waals surface area contributed by atoms with E-state index in [1.165, 1.54) is 0 Å². The molecule has 1 aliphatic heterocycles. The van der Waals surface area contributed by atoms with Crippen LogP contribution in [-0.2, 0) is 22.7 Å². The standard InChI is InChI=1S/C15H19F3N2O3/c16-15(17,18)9-23-8-11-3-1-10(2-4-11)6-20-14(22)13-5-12(21)7-19-13/h1-4,12-13,19,21H,5-9H2,(H,20,22)/t12-,13+/m1/s1. The monoisotopic (exact) mass is 332 g/mol. The molecule has 0 aliphatic carbocycles. The molecule has 0 bridgehead atoms. The van der Waals surface area contributed by atoms with E-state index >= 15 is 0 Å². The number of benzene rings is 1. The molecule has 2 atom stereocenters. The summed E-state index contributed by atoms with van der Waals surface area (Å²) in [6.45, 7) is -0.664. The van der Waals surface area contributed by atoms with Gasteiger partial charge >= 0.3 is 6.18 Å². The van der Waals surface area contributed by atoms with E-state index < -0.39 is 18.9 Å². The van der Waals surface area contributed by atoms with Crippen LogP contribution in [0, 0.1) is 0 Å². The van der Waals surface area contributed by atoms with E-state index in [9.17, 15) is 23.1 Å². The third kappa shape index (κ3) is 6.17. The van der Waals surface area contributed by atoms with Gasteiger partial charge in [0.1, 0.15) is 6.61 Å². The van der Waals surface area contributed by atoms with Crippen LogP contribution in [0.4, 0.5) is 13.2 Å². The van der Waals surface area contributed by atoms with Crippen LogP contribution < -0.4 is 10.6 Å². The number of carbonyl (C=O) groups is 1. The second kappa shape index (κ2) is 7.76. The fourth-order valence-corrected chi connectivity index (χ4v) is 2.27. The molecule has 1 aromatic carbocycles. The van der Waals surface area contributed by atoms with Crippen molar-refractivity contribution in [1.82, 2.24) is 10.6 Å². The zero-order chi connectivity index (χ0) is 16.9. The van der Waals surface area contributed by atoms with Gasteiger partial charge in [-0.15, -0.1) is 0 Å². The minimum Gasteiger partial charge on any atom is -0.392 e. The number of alkyl halides is 3. The first-order valence-electron chi connectivity index (χ1n) is 7.25. The van der Waals surface area contributed by atoms with Crippen LogP contribution in [0.5, 0.6) is 0 Å². The molecule has 5 nitrogen and oxygen atoms in total. The number of carbonyl (C=O) groups excluding carboxylic acids is 1. The molecule has 1 saturated heterocycles. The van der Waals surface area contributed by atoms with Gasteiger partial charge < -0.3 is 20.5 Å². The normalized spacial score (nSPS) is 21.4. The van der Waals surface area contributed by atoms with Crippen molar-refractivity contribution in [3.05, 3.63) is 35.4 Å². The van der Waals surface area contributed by atoms with Gasteiger partial charge in [0.05, 0.1) is 18.8 Å². The summed E-state index contributed by atoms with van der Waals surface area (Å²) < 4.78 is 40.5. The minimum absolute atomic E-state index is 0.115. The maximum absolute atomic E-state index is 12.0. The van der Waals surface area contributed by atoms with Crippen molar-refractivity contribution in [2.75, 3.05) is 13.2 Å². The van der Waals surface area contributed by atoms with Crippen LogP contribution in [0.2, 0.25) is 0 Å². The molecule has 3 N–H and O–H groups in total. The number of ether oxygens (including phenoxy) is 1. The molecule has 23 heavy (non-hydrogen) atoms. The Morgan fingerprint density at radius 1 is 1.30 bits per heavy atom. The van der Waals surface area contributed by atoms with Crippen LogP contribution in [0.25, 0.3) is 0 Å². The van der Waals surface area contributed by atoms with E-state index in [1.807, 2.05) is 0 Å². The molecular weight excluding hydrogens is 313 g/mol. The number of aliphatic hydroxyl groups is 1. The predicted molar refractivity (Wildman–Crippen MR) is 76.4 cm³/mol. The van der Waals surface area contributed by atoms with E-state index in [0.29, 0.717) is 25.1 Å². The number of halogens is 3. The van der Waals surface area contributed by atoms with Gasteiger partial charge in [0.25, 0.3) is 0 Å². The largest absolute Gasteiger partial charge is 0.411 e. The van der Waals surface area contributed by atoms with Crippen molar-refractivity contribution in [3.8, 4) is 0 Å². The number of amides is 1. The fraction of sp³-hybridized carbons (Fsp3) is 0.533. The van der Waals surface area contributed by atoms with Gasteiger partial charge in [-0.2, -0.15) is 13.2 Å². The second-order valence-electron chi connectivity index (χ2n) is 5.49. The first-order valence-corrected chi connectivity index (χ1v) is 7.25. The molecule has 0 radical (unpaired) electrons. The Balaban J connectivity index is 1.73. The van der Waals surface area contributed by atoms with Crippen molar-refractivity contribution in [1.29, 1.82) is 0 Å². The van der Waals surface area contributed by atoms with Crippen LogP contribution in [-0.4, -0.2) is 42.5 Å². The Morgan fingerprint density at radius 2 is 1.96 bits per heavy atom. The van der Waals surface area contributed by atoms with Crippen molar-refractivity contribution >= 4 is 5.91 Å². The first kappa shape index (κ1) is 17.7. The smallest absolute Gasteiger partial charge is 0.392 e. The molecule has 0 saturated carbocycles. The summed E-state index contributed by atoms with van der Waals surface area (Å²) in [5.41, 5.74) is 1.46. The fourth-order valence-electron chi connectivity index (χ4n) is 2.27. The molecule has 1 heterocycles. The van der Waals surface area contributed by atoms with Gasteiger partial charge in [0, 0.05) is 13.1 Å². The second-order valence-corrected chi connectivity index (χ2v) is 5.49. The van der Waals surface area contributed by atoms with Gasteiger partial charge in [-0.25, -0.2) is 0 Å².